The van der Waals surface area contributed by atoms with Crippen LogP contribution in [0, 0.1) is 5.82 Å². The van der Waals surface area contributed by atoms with E-state index in [0.717, 1.165) is 36.0 Å². The average molecular weight is 483 g/mol. The Hall–Kier alpha value is -3.17. The van der Waals surface area contributed by atoms with Gasteiger partial charge in [0, 0.05) is 42.9 Å². The molecule has 0 unspecified atom stereocenters. The minimum Gasteiger partial charge on any atom is -0.493 e. The summed E-state index contributed by atoms with van der Waals surface area (Å²) in [7, 11) is 3.14. The van der Waals surface area contributed by atoms with Crippen molar-refractivity contribution in [1.29, 1.82) is 0 Å². The Morgan fingerprint density at radius 1 is 0.971 bits per heavy atom. The summed E-state index contributed by atoms with van der Waals surface area (Å²) in [5.41, 5.74) is 1.27. The Kier molecular flexibility index (Phi) is 6.64. The number of thiazole rings is 1. The highest BCUT2D eigenvalue weighted by Crippen LogP contribution is 2.39. The fraction of sp³-hybridized carbons (Fsp3) is 0.360. The molecule has 0 atom stereocenters. The molecule has 9 heteroatoms. The largest absolute Gasteiger partial charge is 0.493 e. The molecule has 3 heterocycles. The van der Waals surface area contributed by atoms with Gasteiger partial charge in [-0.05, 0) is 38.1 Å². The lowest BCUT2D eigenvalue weighted by molar-refractivity contribution is 0.237. The summed E-state index contributed by atoms with van der Waals surface area (Å²) in [5, 5.41) is 4.87. The van der Waals surface area contributed by atoms with Crippen molar-refractivity contribution >= 4 is 37.6 Å². The molecular weight excluding hydrogens is 455 g/mol. The first-order valence-electron chi connectivity index (χ1n) is 11.4. The van der Waals surface area contributed by atoms with Gasteiger partial charge in [-0.3, -0.25) is 4.98 Å². The van der Waals surface area contributed by atoms with E-state index in [2.05, 4.69) is 20.2 Å². The molecule has 4 aromatic rings. The SMILES string of the molecule is COc1cc2nccc(Oc3cc4sc(NCCN5CCCCC5)nc4cc3F)c2cc1OC. The highest BCUT2D eigenvalue weighted by Gasteiger charge is 2.16. The van der Waals surface area contributed by atoms with Gasteiger partial charge < -0.3 is 24.4 Å². The first-order chi connectivity index (χ1) is 16.6. The summed E-state index contributed by atoms with van der Waals surface area (Å²) in [5.74, 6) is 1.26. The van der Waals surface area contributed by atoms with Crippen LogP contribution in [0.15, 0.2) is 36.5 Å². The molecule has 0 radical (unpaired) electrons. The molecule has 5 rings (SSSR count). The number of hydrogen-bond donors (Lipinski definition) is 1. The molecule has 1 saturated heterocycles. The van der Waals surface area contributed by atoms with E-state index in [1.54, 1.807) is 44.7 Å². The van der Waals surface area contributed by atoms with Crippen LogP contribution in [-0.4, -0.2) is 55.3 Å². The number of hydrogen-bond acceptors (Lipinski definition) is 8. The van der Waals surface area contributed by atoms with Gasteiger partial charge >= 0.3 is 0 Å². The van der Waals surface area contributed by atoms with E-state index < -0.39 is 5.82 Å². The Morgan fingerprint density at radius 3 is 2.56 bits per heavy atom. The molecule has 1 fully saturated rings. The van der Waals surface area contributed by atoms with Gasteiger partial charge in [0.05, 0.1) is 30.0 Å². The molecule has 0 bridgehead atoms. The van der Waals surface area contributed by atoms with Crippen molar-refractivity contribution in [1.82, 2.24) is 14.9 Å². The third-order valence-electron chi connectivity index (χ3n) is 6.02. The number of halogens is 1. The molecule has 1 aliphatic heterocycles. The minimum atomic E-state index is -0.469. The van der Waals surface area contributed by atoms with E-state index in [9.17, 15) is 4.39 Å². The zero-order valence-corrected chi connectivity index (χ0v) is 20.1. The molecule has 0 amide bonds. The summed E-state index contributed by atoms with van der Waals surface area (Å²) in [6.45, 7) is 4.13. The smallest absolute Gasteiger partial charge is 0.183 e. The topological polar surface area (TPSA) is 68.7 Å². The van der Waals surface area contributed by atoms with Gasteiger partial charge in [0.15, 0.2) is 28.2 Å². The number of aromatic nitrogens is 2. The molecule has 34 heavy (non-hydrogen) atoms. The van der Waals surface area contributed by atoms with Crippen molar-refractivity contribution in [3.05, 3.63) is 42.3 Å². The fourth-order valence-electron chi connectivity index (χ4n) is 4.24. The molecule has 2 aromatic carbocycles. The predicted octanol–water partition coefficient (Wildman–Crippen LogP) is 5.69. The standard InChI is InChI=1S/C25H27FN4O3S/c1-31-22-12-16-18(14-23(22)32-2)27-7-6-20(16)33-21-15-24-19(13-17(21)26)29-25(34-24)28-8-11-30-9-4-3-5-10-30/h6-7,12-15H,3-5,8-11H2,1-2H3,(H,28,29). The number of methoxy groups -OCH3 is 2. The van der Waals surface area contributed by atoms with E-state index in [1.807, 2.05) is 0 Å². The van der Waals surface area contributed by atoms with E-state index in [0.29, 0.717) is 33.7 Å². The summed E-state index contributed by atoms with van der Waals surface area (Å²) in [6, 6.07) is 8.38. The molecule has 0 saturated carbocycles. The summed E-state index contributed by atoms with van der Waals surface area (Å²) < 4.78 is 32.6. The van der Waals surface area contributed by atoms with Crippen LogP contribution in [0.3, 0.4) is 0 Å². The minimum absolute atomic E-state index is 0.137. The van der Waals surface area contributed by atoms with Crippen LogP contribution in [0.2, 0.25) is 0 Å². The number of ether oxygens (including phenoxy) is 3. The lowest BCUT2D eigenvalue weighted by atomic mass is 10.1. The van der Waals surface area contributed by atoms with Crippen molar-refractivity contribution in [2.75, 3.05) is 45.7 Å². The first kappa shape index (κ1) is 22.6. The number of anilines is 1. The van der Waals surface area contributed by atoms with Crippen LogP contribution in [0.5, 0.6) is 23.0 Å². The highest BCUT2D eigenvalue weighted by atomic mass is 32.1. The van der Waals surface area contributed by atoms with E-state index >= 15 is 0 Å². The van der Waals surface area contributed by atoms with Crippen molar-refractivity contribution < 1.29 is 18.6 Å². The summed E-state index contributed by atoms with van der Waals surface area (Å²) >= 11 is 1.50. The van der Waals surface area contributed by atoms with Gasteiger partial charge in [-0.2, -0.15) is 0 Å². The molecule has 1 N–H and O–H groups in total. The fourth-order valence-corrected chi connectivity index (χ4v) is 5.14. The molecule has 178 valence electrons. The van der Waals surface area contributed by atoms with Crippen molar-refractivity contribution in [3.63, 3.8) is 0 Å². The number of piperidine rings is 1. The Bertz CT molecular complexity index is 1310. The second kappa shape index (κ2) is 9.99. The Morgan fingerprint density at radius 2 is 1.76 bits per heavy atom. The number of rotatable bonds is 8. The quantitative estimate of drug-likeness (QED) is 0.346. The van der Waals surface area contributed by atoms with Gasteiger partial charge in [0.1, 0.15) is 5.75 Å². The maximum atomic E-state index is 14.9. The molecule has 0 aliphatic carbocycles. The maximum absolute atomic E-state index is 14.9. The second-order valence-electron chi connectivity index (χ2n) is 8.23. The lowest BCUT2D eigenvalue weighted by Gasteiger charge is -2.26. The molecular formula is C25H27FN4O3S. The number of fused-ring (bicyclic) bond motifs is 2. The van der Waals surface area contributed by atoms with E-state index in [-0.39, 0.29) is 5.75 Å². The Balaban J connectivity index is 1.36. The number of likely N-dealkylation sites (tertiary alicyclic amines) is 1. The van der Waals surface area contributed by atoms with E-state index in [1.165, 1.54) is 36.7 Å². The number of nitrogens with one attached hydrogen (secondary N) is 1. The van der Waals surface area contributed by atoms with Crippen LogP contribution in [-0.2, 0) is 0 Å². The number of benzene rings is 2. The van der Waals surface area contributed by atoms with Gasteiger partial charge in [-0.15, -0.1) is 0 Å². The molecule has 2 aromatic heterocycles. The third kappa shape index (κ3) is 4.71. The van der Waals surface area contributed by atoms with Gasteiger partial charge in [-0.1, -0.05) is 17.8 Å². The van der Waals surface area contributed by atoms with Crippen LogP contribution in [0.4, 0.5) is 9.52 Å². The maximum Gasteiger partial charge on any atom is 0.183 e. The summed E-state index contributed by atoms with van der Waals surface area (Å²) in [4.78, 5) is 11.4. The van der Waals surface area contributed by atoms with E-state index in [4.69, 9.17) is 14.2 Å². The normalized spacial score (nSPS) is 14.4. The van der Waals surface area contributed by atoms with Crippen molar-refractivity contribution in [2.45, 2.75) is 19.3 Å². The molecule has 0 spiro atoms. The molecule has 1 aliphatic rings. The monoisotopic (exact) mass is 482 g/mol. The Labute approximate surface area is 201 Å². The first-order valence-corrected chi connectivity index (χ1v) is 12.2. The average Bonchev–Trinajstić information content (AvgIpc) is 3.25. The zero-order chi connectivity index (χ0) is 23.5. The predicted molar refractivity (Wildman–Crippen MR) is 133 cm³/mol. The van der Waals surface area contributed by atoms with Gasteiger partial charge in [-0.25, -0.2) is 9.37 Å². The van der Waals surface area contributed by atoms with Crippen molar-refractivity contribution in [2.24, 2.45) is 0 Å². The summed E-state index contributed by atoms with van der Waals surface area (Å²) in [6.07, 6.45) is 5.50. The lowest BCUT2D eigenvalue weighted by Crippen LogP contribution is -2.33. The van der Waals surface area contributed by atoms with Gasteiger partial charge in [0.25, 0.3) is 0 Å². The second-order valence-corrected chi connectivity index (χ2v) is 9.26. The van der Waals surface area contributed by atoms with Crippen LogP contribution in [0.1, 0.15) is 19.3 Å². The highest BCUT2D eigenvalue weighted by molar-refractivity contribution is 7.22. The number of pyridine rings is 1. The van der Waals surface area contributed by atoms with Crippen molar-refractivity contribution in [3.8, 4) is 23.0 Å². The van der Waals surface area contributed by atoms with Crippen LogP contribution < -0.4 is 19.5 Å². The van der Waals surface area contributed by atoms with Crippen LogP contribution in [0.25, 0.3) is 21.1 Å². The van der Waals surface area contributed by atoms with Gasteiger partial charge in [0.2, 0.25) is 0 Å². The number of nitrogens with zero attached hydrogens (tertiary/aromatic N) is 3. The van der Waals surface area contributed by atoms with Crippen LogP contribution >= 0.6 is 11.3 Å². The molecule has 7 nitrogen and oxygen atoms in total. The zero-order valence-electron chi connectivity index (χ0n) is 19.3. The third-order valence-corrected chi connectivity index (χ3v) is 7.00.